The quantitative estimate of drug-likeness (QED) is 0.733. The molecule has 152 valence electrons. The van der Waals surface area contributed by atoms with Crippen molar-refractivity contribution in [1.82, 2.24) is 9.62 Å². The summed E-state index contributed by atoms with van der Waals surface area (Å²) >= 11 is 0. The van der Waals surface area contributed by atoms with E-state index in [1.54, 1.807) is 26.0 Å². The lowest BCUT2D eigenvalue weighted by Crippen LogP contribution is -2.33. The van der Waals surface area contributed by atoms with Crippen LogP contribution in [0.1, 0.15) is 29.8 Å². The fraction of sp³-hybridized carbons (Fsp3) is 0.316. The maximum Gasteiger partial charge on any atom is 0.251 e. The van der Waals surface area contributed by atoms with Gasteiger partial charge in [-0.3, -0.25) is 4.79 Å². The van der Waals surface area contributed by atoms with Crippen LogP contribution in [0.15, 0.2) is 58.3 Å². The van der Waals surface area contributed by atoms with Gasteiger partial charge in [0, 0.05) is 31.5 Å². The van der Waals surface area contributed by atoms with Crippen LogP contribution in [0.5, 0.6) is 0 Å². The topological polar surface area (TPSA) is 101 Å². The average molecular weight is 425 g/mol. The molecule has 0 unspecified atom stereocenters. The molecule has 0 spiro atoms. The molecule has 0 bridgehead atoms. The van der Waals surface area contributed by atoms with Gasteiger partial charge >= 0.3 is 0 Å². The van der Waals surface area contributed by atoms with Crippen LogP contribution < -0.4 is 5.32 Å². The van der Waals surface area contributed by atoms with Crippen LogP contribution in [0.25, 0.3) is 0 Å². The van der Waals surface area contributed by atoms with E-state index in [0.717, 1.165) is 11.8 Å². The van der Waals surface area contributed by atoms with Gasteiger partial charge < -0.3 is 5.32 Å². The molecule has 0 aliphatic heterocycles. The molecule has 2 rings (SSSR count). The third kappa shape index (κ3) is 5.18. The van der Waals surface area contributed by atoms with Crippen molar-refractivity contribution in [2.24, 2.45) is 0 Å². The van der Waals surface area contributed by atoms with Crippen LogP contribution >= 0.6 is 0 Å². The Labute approximate surface area is 166 Å². The van der Waals surface area contributed by atoms with E-state index in [9.17, 15) is 21.6 Å². The van der Waals surface area contributed by atoms with Crippen molar-refractivity contribution in [3.05, 3.63) is 59.7 Å². The second kappa shape index (κ2) is 8.42. The number of hydrogen-bond acceptors (Lipinski definition) is 5. The molecule has 28 heavy (non-hydrogen) atoms. The largest absolute Gasteiger partial charge is 0.348 e. The molecule has 0 atom stereocenters. The molecule has 7 nitrogen and oxygen atoms in total. The number of benzene rings is 2. The molecular formula is C19H24N2O5S2. The minimum Gasteiger partial charge on any atom is -0.348 e. The molecule has 0 heterocycles. The highest BCUT2D eigenvalue weighted by atomic mass is 32.2. The van der Waals surface area contributed by atoms with Crippen LogP contribution in [0.3, 0.4) is 0 Å². The fourth-order valence-corrected chi connectivity index (χ4v) is 4.36. The molecule has 9 heteroatoms. The monoisotopic (exact) mass is 424 g/mol. The zero-order valence-corrected chi connectivity index (χ0v) is 17.8. The maximum absolute atomic E-state index is 12.4. The Balaban J connectivity index is 2.04. The Kier molecular flexibility index (Phi) is 6.63. The van der Waals surface area contributed by atoms with Gasteiger partial charge in [0.05, 0.1) is 9.79 Å². The minimum absolute atomic E-state index is 0.146. The van der Waals surface area contributed by atoms with Crippen LogP contribution in [0, 0.1) is 0 Å². The Morgan fingerprint density at radius 2 is 1.43 bits per heavy atom. The lowest BCUT2D eigenvalue weighted by atomic mass is 10.2. The van der Waals surface area contributed by atoms with Crippen LogP contribution in [0.2, 0.25) is 0 Å². The van der Waals surface area contributed by atoms with Gasteiger partial charge in [0.15, 0.2) is 9.84 Å². The van der Waals surface area contributed by atoms with E-state index in [4.69, 9.17) is 0 Å². The summed E-state index contributed by atoms with van der Waals surface area (Å²) in [4.78, 5) is 12.5. The molecule has 0 aliphatic carbocycles. The first-order valence-electron chi connectivity index (χ1n) is 8.58. The summed E-state index contributed by atoms with van der Waals surface area (Å²) in [7, 11) is -5.33. The van der Waals surface area contributed by atoms with E-state index in [0.29, 0.717) is 5.56 Å². The third-order valence-corrected chi connectivity index (χ3v) is 7.50. The average Bonchev–Trinajstić information content (AvgIpc) is 2.65. The number of amides is 1. The zero-order chi connectivity index (χ0) is 21.1. The minimum atomic E-state index is -3.55. The van der Waals surface area contributed by atoms with Gasteiger partial charge in [0.25, 0.3) is 5.91 Å². The number of sulfonamides is 1. The van der Waals surface area contributed by atoms with E-state index in [1.165, 1.54) is 47.8 Å². The SMILES string of the molecule is CC(C)N(C)S(=O)(=O)c1ccc(CNC(=O)c2ccc(S(C)(=O)=O)cc2)cc1. The molecule has 2 aromatic rings. The summed E-state index contributed by atoms with van der Waals surface area (Å²) in [6.07, 6.45) is 1.10. The Hall–Kier alpha value is -2.23. The van der Waals surface area contributed by atoms with Gasteiger partial charge in [-0.1, -0.05) is 12.1 Å². The molecule has 1 N–H and O–H groups in total. The van der Waals surface area contributed by atoms with Gasteiger partial charge in [-0.25, -0.2) is 16.8 Å². The van der Waals surface area contributed by atoms with E-state index in [1.807, 2.05) is 0 Å². The predicted octanol–water partition coefficient (Wildman–Crippen LogP) is 2.05. The predicted molar refractivity (Wildman–Crippen MR) is 107 cm³/mol. The standard InChI is InChI=1S/C19H24N2O5S2/c1-14(2)21(3)28(25,26)18-9-5-15(6-10-18)13-20-19(22)16-7-11-17(12-8-16)27(4,23)24/h5-12,14H,13H2,1-4H3,(H,20,22). The normalized spacial score (nSPS) is 12.4. The van der Waals surface area contributed by atoms with Crippen LogP contribution in [-0.4, -0.2) is 46.4 Å². The first-order valence-corrected chi connectivity index (χ1v) is 11.9. The Morgan fingerprint density at radius 1 is 0.929 bits per heavy atom. The lowest BCUT2D eigenvalue weighted by molar-refractivity contribution is 0.0950. The van der Waals surface area contributed by atoms with Crippen molar-refractivity contribution in [1.29, 1.82) is 0 Å². The molecule has 1 amide bonds. The number of carbonyl (C=O) groups excluding carboxylic acids is 1. The molecule has 0 aliphatic rings. The smallest absolute Gasteiger partial charge is 0.251 e. The summed E-state index contributed by atoms with van der Waals surface area (Å²) in [5, 5.41) is 2.72. The summed E-state index contributed by atoms with van der Waals surface area (Å²) in [5.41, 5.74) is 1.08. The highest BCUT2D eigenvalue weighted by molar-refractivity contribution is 7.90. The first-order chi connectivity index (χ1) is 12.9. The van der Waals surface area contributed by atoms with Gasteiger partial charge in [-0.05, 0) is 55.8 Å². The van der Waals surface area contributed by atoms with Gasteiger partial charge in [-0.15, -0.1) is 0 Å². The second-order valence-corrected chi connectivity index (χ2v) is 10.8. The first kappa shape index (κ1) is 22.1. The molecule has 0 aromatic heterocycles. The molecule has 2 aromatic carbocycles. The highest BCUT2D eigenvalue weighted by Crippen LogP contribution is 2.17. The number of carbonyl (C=O) groups is 1. The summed E-state index contributed by atoms with van der Waals surface area (Å²) < 4.78 is 49.1. The van der Waals surface area contributed by atoms with Crippen molar-refractivity contribution in [2.75, 3.05) is 13.3 Å². The van der Waals surface area contributed by atoms with Gasteiger partial charge in [-0.2, -0.15) is 4.31 Å². The second-order valence-electron chi connectivity index (χ2n) is 6.74. The highest BCUT2D eigenvalue weighted by Gasteiger charge is 2.22. The van der Waals surface area contributed by atoms with Crippen molar-refractivity contribution in [3.8, 4) is 0 Å². The third-order valence-electron chi connectivity index (χ3n) is 4.33. The number of sulfone groups is 1. The van der Waals surface area contributed by atoms with Crippen LogP contribution in [0.4, 0.5) is 0 Å². The molecule has 0 fully saturated rings. The van der Waals surface area contributed by atoms with Gasteiger partial charge in [0.1, 0.15) is 0 Å². The summed E-state index contributed by atoms with van der Waals surface area (Å²) in [5.74, 6) is -0.351. The van der Waals surface area contributed by atoms with Crippen molar-refractivity contribution < 1.29 is 21.6 Å². The molecule has 0 saturated heterocycles. The van der Waals surface area contributed by atoms with E-state index in [-0.39, 0.29) is 28.3 Å². The summed E-state index contributed by atoms with van der Waals surface area (Å²) in [6, 6.07) is 11.8. The number of nitrogens with one attached hydrogen (secondary N) is 1. The van der Waals surface area contributed by atoms with Crippen molar-refractivity contribution in [2.45, 2.75) is 36.2 Å². The molecule has 0 saturated carbocycles. The van der Waals surface area contributed by atoms with E-state index >= 15 is 0 Å². The van der Waals surface area contributed by atoms with Crippen LogP contribution in [-0.2, 0) is 26.4 Å². The van der Waals surface area contributed by atoms with E-state index in [2.05, 4.69) is 5.32 Å². The molecular weight excluding hydrogens is 400 g/mol. The molecule has 0 radical (unpaired) electrons. The number of nitrogens with zero attached hydrogens (tertiary/aromatic N) is 1. The Morgan fingerprint density at radius 3 is 1.89 bits per heavy atom. The van der Waals surface area contributed by atoms with Gasteiger partial charge in [0.2, 0.25) is 10.0 Å². The lowest BCUT2D eigenvalue weighted by Gasteiger charge is -2.21. The fourth-order valence-electron chi connectivity index (χ4n) is 2.36. The van der Waals surface area contributed by atoms with Crippen molar-refractivity contribution in [3.63, 3.8) is 0 Å². The maximum atomic E-state index is 12.4. The van der Waals surface area contributed by atoms with Crippen molar-refractivity contribution >= 4 is 25.8 Å². The summed E-state index contributed by atoms with van der Waals surface area (Å²) in [6.45, 7) is 3.81. The number of hydrogen-bond donors (Lipinski definition) is 1. The van der Waals surface area contributed by atoms with E-state index < -0.39 is 19.9 Å². The Bertz CT molecular complexity index is 1040. The zero-order valence-electron chi connectivity index (χ0n) is 16.2. The number of rotatable bonds is 7.